The predicted molar refractivity (Wildman–Crippen MR) is 18.0 cm³/mol. The fourth-order valence-electron chi connectivity index (χ4n) is 0. The van der Waals surface area contributed by atoms with Crippen LogP contribution >= 0.6 is 0 Å². The molecule has 0 aliphatic rings. The van der Waals surface area contributed by atoms with Crippen LogP contribution in [0.25, 0.3) is 0 Å². The fraction of sp³-hybridized carbons (Fsp3) is 0. The van der Waals surface area contributed by atoms with Gasteiger partial charge in [0.25, 0.3) is 0 Å². The first-order valence-electron chi connectivity index (χ1n) is 0.408. The van der Waals surface area contributed by atoms with Crippen LogP contribution in [0.3, 0.4) is 0 Å². The van der Waals surface area contributed by atoms with Gasteiger partial charge in [0.15, 0.2) is 0 Å². The Labute approximate surface area is 44.3 Å². The molecule has 0 saturated carbocycles. The van der Waals surface area contributed by atoms with E-state index in [1.54, 1.807) is 0 Å². The van der Waals surface area contributed by atoms with E-state index in [-0.39, 0.29) is 16.4 Å². The van der Waals surface area contributed by atoms with Crippen LogP contribution in [0, 0.1) is 0 Å². The van der Waals surface area contributed by atoms with Gasteiger partial charge in [-0.2, -0.15) is 0 Å². The molecule has 40 valence electrons. The van der Waals surface area contributed by atoms with Gasteiger partial charge in [0.1, 0.15) is 0 Å². The van der Waals surface area contributed by atoms with Crippen molar-refractivity contribution in [2.75, 3.05) is 0 Å². The third kappa shape index (κ3) is 592. The van der Waals surface area contributed by atoms with Gasteiger partial charge in [0.05, 0.1) is 0 Å². The second-order valence-electron chi connectivity index (χ2n) is 0.0833. The molecule has 0 aromatic rings. The molecule has 0 aliphatic carbocycles. The molecule has 6 heteroatoms. The molecule has 0 spiro atoms. The molecule has 0 aromatic heterocycles. The molecule has 6 heavy (non-hydrogen) atoms. The van der Waals surface area contributed by atoms with Gasteiger partial charge in [0.2, 0.25) is 0 Å². The van der Waals surface area contributed by atoms with Gasteiger partial charge >= 0.3 is 27.3 Å². The summed E-state index contributed by atoms with van der Waals surface area (Å²) in [7, 11) is 0. The molecular weight excluding hydrogens is 199 g/mol. The Kier molecular flexibility index (Phi) is 332. The standard InChI is InChI=1S/3H2O.2O.Sn/h3*1H2;;;. The van der Waals surface area contributed by atoms with Gasteiger partial charge in [0, 0.05) is 0 Å². The Morgan fingerprint density at radius 1 is 0.833 bits per heavy atom. The fourth-order valence-corrected chi connectivity index (χ4v) is 0. The minimum absolute atomic E-state index is 0. The first kappa shape index (κ1) is 33.7. The molecule has 0 atom stereocenters. The second kappa shape index (κ2) is 59.1. The average molecular weight is 205 g/mol. The zero-order chi connectivity index (χ0) is 2.71. The molecule has 5 nitrogen and oxygen atoms in total. The summed E-state index contributed by atoms with van der Waals surface area (Å²) in [5.41, 5.74) is 0. The summed E-state index contributed by atoms with van der Waals surface area (Å²) in [5.74, 6) is 0. The summed E-state index contributed by atoms with van der Waals surface area (Å²) in [5, 5.41) is 0. The maximum atomic E-state index is 8.54. The predicted octanol–water partition coefficient (Wildman–Crippen LogP) is -3.09. The first-order valence-corrected chi connectivity index (χ1v) is 2.74. The first-order chi connectivity index (χ1) is 1.41. The molecule has 0 heterocycles. The Hall–Kier alpha value is 0.279. The summed E-state index contributed by atoms with van der Waals surface area (Å²) in [6.07, 6.45) is 0. The molecule has 6 N–H and O–H groups in total. The van der Waals surface area contributed by atoms with E-state index in [1.807, 2.05) is 0 Å². The van der Waals surface area contributed by atoms with Crippen molar-refractivity contribution in [2.45, 2.75) is 0 Å². The molecule has 0 fully saturated rings. The van der Waals surface area contributed by atoms with Crippen molar-refractivity contribution in [2.24, 2.45) is 0 Å². The SMILES string of the molecule is O.O.O.[O]=[Sn]=[O]. The summed E-state index contributed by atoms with van der Waals surface area (Å²) in [4.78, 5) is 0. The van der Waals surface area contributed by atoms with Gasteiger partial charge in [-0.15, -0.1) is 0 Å². The van der Waals surface area contributed by atoms with E-state index < -0.39 is 21.1 Å². The number of rotatable bonds is 0. The molecule has 0 aromatic carbocycles. The number of hydrogen-bond donors (Lipinski definition) is 0. The van der Waals surface area contributed by atoms with E-state index in [4.69, 9.17) is 6.15 Å². The molecule has 0 unspecified atom stereocenters. The van der Waals surface area contributed by atoms with E-state index >= 15 is 0 Å². The van der Waals surface area contributed by atoms with Crippen molar-refractivity contribution in [3.63, 3.8) is 0 Å². The van der Waals surface area contributed by atoms with Crippen molar-refractivity contribution in [3.8, 4) is 0 Å². The molecule has 0 bridgehead atoms. The van der Waals surface area contributed by atoms with E-state index in [1.165, 1.54) is 0 Å². The third-order valence-electron chi connectivity index (χ3n) is 0. The van der Waals surface area contributed by atoms with Crippen LogP contribution in [0.15, 0.2) is 0 Å². The van der Waals surface area contributed by atoms with Gasteiger partial charge < -0.3 is 16.4 Å². The Morgan fingerprint density at radius 2 is 0.833 bits per heavy atom. The van der Waals surface area contributed by atoms with Crippen molar-refractivity contribution < 1.29 is 22.6 Å². The number of hydrogen-bond acceptors (Lipinski definition) is 2. The Bertz CT molecular complexity index is 24.9. The minimum atomic E-state index is -2.27. The van der Waals surface area contributed by atoms with Gasteiger partial charge in [-0.3, -0.25) is 0 Å². The van der Waals surface area contributed by atoms with Crippen molar-refractivity contribution in [1.29, 1.82) is 0 Å². The monoisotopic (exact) mass is 206 g/mol. The maximum absolute atomic E-state index is 8.54. The molecule has 0 aliphatic heterocycles. The zero-order valence-corrected chi connectivity index (χ0v) is 5.67. The quantitative estimate of drug-likeness (QED) is 0.388. The topological polar surface area (TPSA) is 129 Å². The second-order valence-corrected chi connectivity index (χ2v) is 0.559. The molecule has 0 amide bonds. The van der Waals surface area contributed by atoms with Crippen molar-refractivity contribution in [1.82, 2.24) is 0 Å². The third-order valence-corrected chi connectivity index (χ3v) is 0. The summed E-state index contributed by atoms with van der Waals surface area (Å²) < 4.78 is 17.1. The Morgan fingerprint density at radius 3 is 0.833 bits per heavy atom. The average Bonchev–Trinajstić information content (AvgIpc) is 0.918. The van der Waals surface area contributed by atoms with E-state index in [9.17, 15) is 0 Å². The molecular formula is H6O5Sn. The van der Waals surface area contributed by atoms with Gasteiger partial charge in [-0.25, -0.2) is 0 Å². The zero-order valence-electron chi connectivity index (χ0n) is 2.82. The van der Waals surface area contributed by atoms with E-state index in [0.717, 1.165) is 0 Å². The van der Waals surface area contributed by atoms with Crippen LogP contribution in [0.2, 0.25) is 0 Å². The Balaban J connectivity index is -0.00000000667. The summed E-state index contributed by atoms with van der Waals surface area (Å²) in [6.45, 7) is 0. The summed E-state index contributed by atoms with van der Waals surface area (Å²) in [6, 6.07) is 0. The van der Waals surface area contributed by atoms with Crippen LogP contribution in [0.1, 0.15) is 0 Å². The van der Waals surface area contributed by atoms with Crippen LogP contribution < -0.4 is 0 Å². The normalized spacial score (nSPS) is 1.33. The van der Waals surface area contributed by atoms with Crippen LogP contribution in [-0.2, 0) is 6.15 Å². The van der Waals surface area contributed by atoms with E-state index in [0.29, 0.717) is 0 Å². The van der Waals surface area contributed by atoms with Crippen LogP contribution in [0.4, 0.5) is 0 Å². The summed E-state index contributed by atoms with van der Waals surface area (Å²) >= 11 is -2.27. The molecule has 0 rings (SSSR count). The van der Waals surface area contributed by atoms with Gasteiger partial charge in [-0.1, -0.05) is 0 Å². The van der Waals surface area contributed by atoms with Gasteiger partial charge in [-0.05, 0) is 0 Å². The molecule has 0 saturated heterocycles. The van der Waals surface area contributed by atoms with E-state index in [2.05, 4.69) is 0 Å². The van der Waals surface area contributed by atoms with Crippen LogP contribution in [0.5, 0.6) is 0 Å². The van der Waals surface area contributed by atoms with Crippen molar-refractivity contribution in [3.05, 3.63) is 0 Å². The molecule has 0 radical (unpaired) electrons. The van der Waals surface area contributed by atoms with Crippen molar-refractivity contribution >= 4 is 21.1 Å². The van der Waals surface area contributed by atoms with Crippen LogP contribution in [-0.4, -0.2) is 37.5 Å².